The Morgan fingerprint density at radius 2 is 1.74 bits per heavy atom. The van der Waals surface area contributed by atoms with Crippen molar-refractivity contribution in [1.29, 1.82) is 5.26 Å². The number of nitrogens with zero attached hydrogens (tertiary/aromatic N) is 3. The van der Waals surface area contributed by atoms with Crippen LogP contribution in [-0.4, -0.2) is 62.3 Å². The van der Waals surface area contributed by atoms with Crippen molar-refractivity contribution < 1.29 is 21.6 Å². The predicted molar refractivity (Wildman–Crippen MR) is 62.7 cm³/mol. The molecule has 5 nitrogen and oxygen atoms in total. The Morgan fingerprint density at radius 1 is 1.16 bits per heavy atom. The van der Waals surface area contributed by atoms with E-state index in [1.54, 1.807) is 0 Å². The van der Waals surface area contributed by atoms with Crippen LogP contribution in [0.3, 0.4) is 0 Å². The molecule has 0 N–H and O–H groups in total. The summed E-state index contributed by atoms with van der Waals surface area (Å²) in [6, 6.07) is 1.97. The van der Waals surface area contributed by atoms with Gasteiger partial charge < -0.3 is 0 Å². The van der Waals surface area contributed by atoms with E-state index in [0.29, 0.717) is 13.1 Å². The third-order valence-corrected chi connectivity index (χ3v) is 4.84. The van der Waals surface area contributed by atoms with Gasteiger partial charge in [0.25, 0.3) is 0 Å². The first-order valence-electron chi connectivity index (χ1n) is 5.88. The molecule has 0 aromatic carbocycles. The Hall–Kier alpha value is -0.850. The van der Waals surface area contributed by atoms with Gasteiger partial charge in [-0.15, -0.1) is 0 Å². The molecule has 19 heavy (non-hydrogen) atoms. The predicted octanol–water partition coefficient (Wildman–Crippen LogP) is 0.800. The summed E-state index contributed by atoms with van der Waals surface area (Å²) in [4.78, 5) is 1.81. The van der Waals surface area contributed by atoms with E-state index in [1.165, 1.54) is 4.31 Å². The first kappa shape index (κ1) is 16.2. The number of sulfonamides is 1. The maximum atomic E-state index is 12.0. The van der Waals surface area contributed by atoms with Crippen molar-refractivity contribution >= 4 is 10.0 Å². The lowest BCUT2D eigenvalue weighted by molar-refractivity contribution is -0.134. The Labute approximate surface area is 110 Å². The van der Waals surface area contributed by atoms with Crippen LogP contribution in [0.4, 0.5) is 13.2 Å². The van der Waals surface area contributed by atoms with Crippen LogP contribution >= 0.6 is 0 Å². The zero-order valence-corrected chi connectivity index (χ0v) is 11.2. The van der Waals surface area contributed by atoms with E-state index < -0.39 is 34.8 Å². The molecule has 0 atom stereocenters. The second kappa shape index (κ2) is 6.54. The largest absolute Gasteiger partial charge is 0.389 e. The molecule has 0 unspecified atom stereocenters. The van der Waals surface area contributed by atoms with E-state index in [2.05, 4.69) is 0 Å². The van der Waals surface area contributed by atoms with E-state index >= 15 is 0 Å². The smallest absolute Gasteiger partial charge is 0.288 e. The summed E-state index contributed by atoms with van der Waals surface area (Å²) in [7, 11) is -3.62. The molecule has 0 saturated carbocycles. The maximum absolute atomic E-state index is 12.0. The molecule has 0 radical (unpaired) electrons. The number of halogens is 3. The van der Waals surface area contributed by atoms with Crippen molar-refractivity contribution in [2.75, 3.05) is 38.5 Å². The molecular weight excluding hydrogens is 283 g/mol. The molecule has 1 saturated heterocycles. The molecule has 0 aromatic rings. The normalized spacial score (nSPS) is 19.3. The highest BCUT2D eigenvalue weighted by molar-refractivity contribution is 7.89. The number of hydrogen-bond donors (Lipinski definition) is 0. The molecule has 1 aliphatic rings. The molecule has 1 heterocycles. The van der Waals surface area contributed by atoms with Crippen LogP contribution in [0.2, 0.25) is 0 Å². The molecule has 1 aliphatic heterocycles. The maximum Gasteiger partial charge on any atom is 0.389 e. The van der Waals surface area contributed by atoms with E-state index in [9.17, 15) is 21.6 Å². The average Bonchev–Trinajstić information content (AvgIpc) is 2.28. The SMILES string of the molecule is N#CCN1CCN(S(=O)(=O)CCCC(F)(F)F)CC1. The molecule has 0 aromatic heterocycles. The zero-order valence-electron chi connectivity index (χ0n) is 10.4. The van der Waals surface area contributed by atoms with Crippen molar-refractivity contribution in [3.8, 4) is 6.07 Å². The topological polar surface area (TPSA) is 64.4 Å². The van der Waals surface area contributed by atoms with Crippen molar-refractivity contribution in [3.63, 3.8) is 0 Å². The minimum atomic E-state index is -4.32. The monoisotopic (exact) mass is 299 g/mol. The first-order chi connectivity index (χ1) is 8.74. The van der Waals surface area contributed by atoms with Gasteiger partial charge in [0.2, 0.25) is 10.0 Å². The molecule has 0 aliphatic carbocycles. The van der Waals surface area contributed by atoms with Crippen LogP contribution in [0.5, 0.6) is 0 Å². The third-order valence-electron chi connectivity index (χ3n) is 2.88. The van der Waals surface area contributed by atoms with E-state index in [0.717, 1.165) is 0 Å². The Kier molecular flexibility index (Phi) is 5.58. The fraction of sp³-hybridized carbons (Fsp3) is 0.900. The quantitative estimate of drug-likeness (QED) is 0.704. The minimum Gasteiger partial charge on any atom is -0.288 e. The van der Waals surface area contributed by atoms with Crippen LogP contribution in [0.1, 0.15) is 12.8 Å². The van der Waals surface area contributed by atoms with Gasteiger partial charge in [-0.05, 0) is 6.42 Å². The lowest BCUT2D eigenvalue weighted by Crippen LogP contribution is -2.49. The lowest BCUT2D eigenvalue weighted by Gasteiger charge is -2.32. The van der Waals surface area contributed by atoms with Gasteiger partial charge in [0, 0.05) is 32.6 Å². The fourth-order valence-corrected chi connectivity index (χ4v) is 3.34. The molecule has 1 rings (SSSR count). The van der Waals surface area contributed by atoms with Gasteiger partial charge in [0.1, 0.15) is 0 Å². The fourth-order valence-electron chi connectivity index (χ4n) is 1.85. The summed E-state index contributed by atoms with van der Waals surface area (Å²) in [6.45, 7) is 1.58. The summed E-state index contributed by atoms with van der Waals surface area (Å²) < 4.78 is 60.7. The summed E-state index contributed by atoms with van der Waals surface area (Å²) in [6.07, 6.45) is -5.81. The van der Waals surface area contributed by atoms with Crippen LogP contribution in [0.15, 0.2) is 0 Å². The minimum absolute atomic E-state index is 0.232. The molecule has 0 amide bonds. The Balaban J connectivity index is 2.41. The van der Waals surface area contributed by atoms with Gasteiger partial charge >= 0.3 is 6.18 Å². The van der Waals surface area contributed by atoms with Gasteiger partial charge in [-0.1, -0.05) is 0 Å². The van der Waals surface area contributed by atoms with Crippen molar-refractivity contribution in [2.45, 2.75) is 19.0 Å². The van der Waals surface area contributed by atoms with Gasteiger partial charge in [0.05, 0.1) is 18.4 Å². The van der Waals surface area contributed by atoms with Crippen LogP contribution in [-0.2, 0) is 10.0 Å². The highest BCUT2D eigenvalue weighted by Crippen LogP contribution is 2.22. The first-order valence-corrected chi connectivity index (χ1v) is 7.49. The molecular formula is C10H16F3N3O2S. The van der Waals surface area contributed by atoms with Crippen molar-refractivity contribution in [2.24, 2.45) is 0 Å². The van der Waals surface area contributed by atoms with Crippen LogP contribution in [0, 0.1) is 11.3 Å². The highest BCUT2D eigenvalue weighted by atomic mass is 32.2. The molecule has 1 fully saturated rings. The van der Waals surface area contributed by atoms with Crippen LogP contribution in [0.25, 0.3) is 0 Å². The molecule has 9 heteroatoms. The second-order valence-electron chi connectivity index (χ2n) is 4.37. The summed E-state index contributed by atoms with van der Waals surface area (Å²) in [5, 5.41) is 8.51. The number of alkyl halides is 3. The van der Waals surface area contributed by atoms with Gasteiger partial charge in [0.15, 0.2) is 0 Å². The molecule has 0 bridgehead atoms. The van der Waals surface area contributed by atoms with Crippen LogP contribution < -0.4 is 0 Å². The summed E-state index contributed by atoms with van der Waals surface area (Å²) >= 11 is 0. The number of hydrogen-bond acceptors (Lipinski definition) is 4. The van der Waals surface area contributed by atoms with Gasteiger partial charge in [-0.2, -0.15) is 22.7 Å². The van der Waals surface area contributed by atoms with E-state index in [-0.39, 0.29) is 19.6 Å². The van der Waals surface area contributed by atoms with Crippen molar-refractivity contribution in [3.05, 3.63) is 0 Å². The van der Waals surface area contributed by atoms with Gasteiger partial charge in [-0.3, -0.25) is 4.90 Å². The van der Waals surface area contributed by atoms with E-state index in [1.807, 2.05) is 11.0 Å². The van der Waals surface area contributed by atoms with E-state index in [4.69, 9.17) is 5.26 Å². The second-order valence-corrected chi connectivity index (χ2v) is 6.46. The van der Waals surface area contributed by atoms with Crippen molar-refractivity contribution in [1.82, 2.24) is 9.21 Å². The van der Waals surface area contributed by atoms with Gasteiger partial charge in [-0.25, -0.2) is 8.42 Å². The number of nitriles is 1. The summed E-state index contributed by atoms with van der Waals surface area (Å²) in [5.74, 6) is -0.481. The average molecular weight is 299 g/mol. The lowest BCUT2D eigenvalue weighted by atomic mass is 10.3. The number of rotatable bonds is 5. The molecule has 110 valence electrons. The number of piperazine rings is 1. The molecule has 0 spiro atoms. The zero-order chi connectivity index (χ0) is 14.5. The standard InChI is InChI=1S/C10H16F3N3O2S/c11-10(12,13)2-1-9-19(17,18)16-7-5-15(4-3-14)6-8-16/h1-2,4-9H2. The Morgan fingerprint density at radius 3 is 2.21 bits per heavy atom. The summed E-state index contributed by atoms with van der Waals surface area (Å²) in [5.41, 5.74) is 0. The highest BCUT2D eigenvalue weighted by Gasteiger charge is 2.30. The third kappa shape index (κ3) is 5.76. The Bertz CT molecular complexity index is 422.